The molecule has 0 spiro atoms. The van der Waals surface area contributed by atoms with Gasteiger partial charge in [0.05, 0.1) is 0 Å². The molecule has 0 aliphatic carbocycles. The van der Waals surface area contributed by atoms with Crippen LogP contribution in [0, 0.1) is 0 Å². The Bertz CT molecular complexity index is 135. The third kappa shape index (κ3) is 2.24. The molecule has 6 heteroatoms. The molecule has 0 aliphatic heterocycles. The Morgan fingerprint density at radius 2 is 1.40 bits per heavy atom. The summed E-state index contributed by atoms with van der Waals surface area (Å²) in [6.07, 6.45) is -5.77. The molecule has 10 heavy (non-hydrogen) atoms. The van der Waals surface area contributed by atoms with E-state index < -0.39 is 12.1 Å². The first-order valence-corrected chi connectivity index (χ1v) is 2.95. The molecule has 0 unspecified atom stereocenters. The lowest BCUT2D eigenvalue weighted by Gasteiger charge is -2.14. The number of hydrogen-bond acceptors (Lipinski definition) is 0. The molecule has 0 aromatic rings. The average molecular weight is 225 g/mol. The molecule has 0 aliphatic rings. The molecule has 0 amide bonds. The van der Waals surface area contributed by atoms with Crippen LogP contribution in [0.3, 0.4) is 0 Å². The summed E-state index contributed by atoms with van der Waals surface area (Å²) in [5, 5.41) is 0. The van der Waals surface area contributed by atoms with Crippen LogP contribution in [0.25, 0.3) is 0 Å². The van der Waals surface area contributed by atoms with Crippen LogP contribution >= 0.6 is 15.9 Å². The number of alkyl halides is 5. The third-order valence-electron chi connectivity index (χ3n) is 0.650. The topological polar surface area (TPSA) is 0 Å². The Labute approximate surface area is 61.8 Å². The van der Waals surface area contributed by atoms with Gasteiger partial charge < -0.3 is 0 Å². The van der Waals surface area contributed by atoms with E-state index in [1.54, 1.807) is 0 Å². The van der Waals surface area contributed by atoms with E-state index in [-0.39, 0.29) is 6.08 Å². The second-order valence-corrected chi connectivity index (χ2v) is 1.94. The summed E-state index contributed by atoms with van der Waals surface area (Å²) in [6, 6.07) is 0. The Morgan fingerprint density at radius 1 is 1.00 bits per heavy atom. The lowest BCUT2D eigenvalue weighted by molar-refractivity contribution is -0.259. The first-order valence-electron chi connectivity index (χ1n) is 2.04. The molecule has 0 aromatic heterocycles. The molecular formula is C4H2BrF5. The number of halogens is 6. The quantitative estimate of drug-likeness (QED) is 0.601. The van der Waals surface area contributed by atoms with Gasteiger partial charge >= 0.3 is 12.1 Å². The highest BCUT2D eigenvalue weighted by atomic mass is 79.9. The minimum absolute atomic E-state index is 0.271. The smallest absolute Gasteiger partial charge is 0.191 e. The predicted molar refractivity (Wildman–Crippen MR) is 29.1 cm³/mol. The van der Waals surface area contributed by atoms with Crippen LogP contribution in [-0.2, 0) is 0 Å². The van der Waals surface area contributed by atoms with E-state index in [2.05, 4.69) is 15.9 Å². The number of hydrogen-bond donors (Lipinski definition) is 0. The van der Waals surface area contributed by atoms with Gasteiger partial charge in [0.2, 0.25) is 0 Å². The van der Waals surface area contributed by atoms with Crippen molar-refractivity contribution in [2.45, 2.75) is 12.1 Å². The largest absolute Gasteiger partial charge is 0.457 e. The van der Waals surface area contributed by atoms with Crippen LogP contribution in [0.15, 0.2) is 11.1 Å². The van der Waals surface area contributed by atoms with Crippen molar-refractivity contribution in [3.8, 4) is 0 Å². The van der Waals surface area contributed by atoms with Crippen LogP contribution < -0.4 is 0 Å². The summed E-state index contributed by atoms with van der Waals surface area (Å²) in [5.74, 6) is -4.74. The van der Waals surface area contributed by atoms with E-state index in [0.717, 1.165) is 0 Å². The maximum atomic E-state index is 11.7. The first kappa shape index (κ1) is 9.87. The Balaban J connectivity index is 4.40. The Hall–Kier alpha value is -0.130. The summed E-state index contributed by atoms with van der Waals surface area (Å²) in [5.41, 5.74) is 0. The molecular weight excluding hydrogens is 223 g/mol. The predicted octanol–water partition coefficient (Wildman–Crippen LogP) is 3.09. The highest BCUT2D eigenvalue weighted by Gasteiger charge is 2.55. The number of allylic oxidation sites excluding steroid dienone is 1. The monoisotopic (exact) mass is 224 g/mol. The molecule has 0 aromatic carbocycles. The highest BCUT2D eigenvalue weighted by molar-refractivity contribution is 9.11. The summed E-state index contributed by atoms with van der Waals surface area (Å²) in [4.78, 5) is 0.473. The van der Waals surface area contributed by atoms with E-state index in [4.69, 9.17) is 0 Å². The molecule has 0 fully saturated rings. The molecule has 60 valence electrons. The normalized spacial score (nSPS) is 14.6. The van der Waals surface area contributed by atoms with Crippen LogP contribution in [0.2, 0.25) is 0 Å². The van der Waals surface area contributed by atoms with Crippen molar-refractivity contribution in [3.05, 3.63) is 11.1 Å². The van der Waals surface area contributed by atoms with Crippen molar-refractivity contribution >= 4 is 15.9 Å². The lowest BCUT2D eigenvalue weighted by Crippen LogP contribution is -2.33. The molecule has 0 heterocycles. The molecule has 0 radical (unpaired) electrons. The van der Waals surface area contributed by atoms with Crippen molar-refractivity contribution in [1.29, 1.82) is 0 Å². The first-order chi connectivity index (χ1) is 4.31. The summed E-state index contributed by atoms with van der Waals surface area (Å²) in [6.45, 7) is 0. The maximum Gasteiger partial charge on any atom is 0.457 e. The summed E-state index contributed by atoms with van der Waals surface area (Å²) >= 11 is 2.32. The van der Waals surface area contributed by atoms with Crippen molar-refractivity contribution in [2.75, 3.05) is 0 Å². The zero-order valence-corrected chi connectivity index (χ0v) is 6.01. The van der Waals surface area contributed by atoms with Gasteiger partial charge in [0.1, 0.15) is 0 Å². The summed E-state index contributed by atoms with van der Waals surface area (Å²) in [7, 11) is 0. The maximum absolute atomic E-state index is 11.7. The third-order valence-corrected chi connectivity index (χ3v) is 0.915. The molecule has 0 saturated heterocycles. The second kappa shape index (κ2) is 2.86. The van der Waals surface area contributed by atoms with E-state index in [0.29, 0.717) is 4.99 Å². The van der Waals surface area contributed by atoms with E-state index in [9.17, 15) is 22.0 Å². The minimum atomic E-state index is -5.50. The van der Waals surface area contributed by atoms with Crippen LogP contribution in [-0.4, -0.2) is 12.1 Å². The lowest BCUT2D eigenvalue weighted by atomic mass is 10.3. The molecule has 0 saturated carbocycles. The van der Waals surface area contributed by atoms with Crippen molar-refractivity contribution in [3.63, 3.8) is 0 Å². The van der Waals surface area contributed by atoms with Gasteiger partial charge in [-0.3, -0.25) is 0 Å². The molecule has 0 nitrogen and oxygen atoms in total. The Morgan fingerprint density at radius 3 is 1.50 bits per heavy atom. The van der Waals surface area contributed by atoms with Gasteiger partial charge in [-0.05, 0) is 4.99 Å². The van der Waals surface area contributed by atoms with Crippen molar-refractivity contribution < 1.29 is 22.0 Å². The van der Waals surface area contributed by atoms with Gasteiger partial charge in [0.15, 0.2) is 0 Å². The molecule has 0 bridgehead atoms. The van der Waals surface area contributed by atoms with Crippen LogP contribution in [0.5, 0.6) is 0 Å². The fourth-order valence-corrected chi connectivity index (χ4v) is 0.506. The van der Waals surface area contributed by atoms with E-state index in [1.807, 2.05) is 0 Å². The highest BCUT2D eigenvalue weighted by Crippen LogP contribution is 2.36. The fourth-order valence-electron chi connectivity index (χ4n) is 0.174. The summed E-state index contributed by atoms with van der Waals surface area (Å²) < 4.78 is 57.0. The molecule has 0 atom stereocenters. The fraction of sp³-hybridized carbons (Fsp3) is 0.500. The van der Waals surface area contributed by atoms with Crippen LogP contribution in [0.1, 0.15) is 0 Å². The van der Waals surface area contributed by atoms with E-state index >= 15 is 0 Å². The van der Waals surface area contributed by atoms with E-state index in [1.165, 1.54) is 0 Å². The van der Waals surface area contributed by atoms with Crippen molar-refractivity contribution in [2.24, 2.45) is 0 Å². The van der Waals surface area contributed by atoms with Gasteiger partial charge in [0.25, 0.3) is 0 Å². The average Bonchev–Trinajstić information content (AvgIpc) is 1.61. The molecule has 0 rings (SSSR count). The standard InChI is InChI=1S/C4H2BrF5/c5-2-1-3(6,7)4(8,9)10/h1-2H/b2-1+. The van der Waals surface area contributed by atoms with Crippen molar-refractivity contribution in [1.82, 2.24) is 0 Å². The molecule has 0 N–H and O–H groups in total. The van der Waals surface area contributed by atoms with Gasteiger partial charge in [0, 0.05) is 6.08 Å². The zero-order chi connectivity index (χ0) is 8.41. The Kier molecular flexibility index (Phi) is 2.82. The second-order valence-electron chi connectivity index (χ2n) is 1.41. The minimum Gasteiger partial charge on any atom is -0.191 e. The van der Waals surface area contributed by atoms with Gasteiger partial charge in [-0.15, -0.1) is 0 Å². The van der Waals surface area contributed by atoms with Gasteiger partial charge in [-0.25, -0.2) is 0 Å². The van der Waals surface area contributed by atoms with Crippen LogP contribution in [0.4, 0.5) is 22.0 Å². The SMILES string of the molecule is FC(F)(F)C(F)(F)/C=C/Br. The zero-order valence-electron chi connectivity index (χ0n) is 4.42. The number of rotatable bonds is 1. The van der Waals surface area contributed by atoms with Gasteiger partial charge in [-0.1, -0.05) is 15.9 Å². The van der Waals surface area contributed by atoms with Gasteiger partial charge in [-0.2, -0.15) is 22.0 Å².